The Morgan fingerprint density at radius 3 is 1.64 bits per heavy atom. The predicted molar refractivity (Wildman–Crippen MR) is 23.0 cm³/mol. The summed E-state index contributed by atoms with van der Waals surface area (Å²) in [6.45, 7) is 0. The van der Waals surface area contributed by atoms with E-state index in [0.29, 0.717) is 7.11 Å². The highest BCUT2D eigenvalue weighted by Crippen LogP contribution is 2.22. The molecule has 0 aliphatic rings. The second-order valence-electron chi connectivity index (χ2n) is 1.15. The first-order chi connectivity index (χ1) is 4.92. The smallest absolute Gasteiger partial charge is 0.319 e. The van der Waals surface area contributed by atoms with Crippen molar-refractivity contribution in [3.8, 4) is 0 Å². The number of carbonyl (C=O) groups excluding carboxylic acids is 2. The number of hydrogen-bond donors (Lipinski definition) is 0. The maximum absolute atomic E-state index is 11.3. The first-order valence-electron chi connectivity index (χ1n) is 2.12. The summed E-state index contributed by atoms with van der Waals surface area (Å²) < 4.78 is 47.6. The van der Waals surface area contributed by atoms with Gasteiger partial charge in [0.15, 0.2) is 0 Å². The molecule has 0 amide bonds. The van der Waals surface area contributed by atoms with Crippen molar-refractivity contribution in [3.05, 3.63) is 0 Å². The summed E-state index contributed by atoms with van der Waals surface area (Å²) in [6.07, 6.45) is -7.78. The zero-order chi connectivity index (χ0) is 9.49. The van der Waals surface area contributed by atoms with E-state index in [1.54, 1.807) is 0 Å². The molecule has 0 bridgehead atoms. The SMILES string of the molecule is COC(F)(F)C(F)F.O=C=O. The highest BCUT2D eigenvalue weighted by Gasteiger charge is 2.40. The van der Waals surface area contributed by atoms with Crippen LogP contribution in [0.5, 0.6) is 0 Å². The van der Waals surface area contributed by atoms with Gasteiger partial charge in [0.05, 0.1) is 0 Å². The zero-order valence-electron chi connectivity index (χ0n) is 5.31. The Hall–Kier alpha value is -0.940. The molecule has 0 heterocycles. The molecule has 0 fully saturated rings. The van der Waals surface area contributed by atoms with Crippen molar-refractivity contribution in [1.82, 2.24) is 0 Å². The van der Waals surface area contributed by atoms with Gasteiger partial charge in [-0.15, -0.1) is 0 Å². The summed E-state index contributed by atoms with van der Waals surface area (Å²) >= 11 is 0. The monoisotopic (exact) mass is 176 g/mol. The summed E-state index contributed by atoms with van der Waals surface area (Å²) in [4.78, 5) is 16.2. The van der Waals surface area contributed by atoms with Gasteiger partial charge in [-0.1, -0.05) is 0 Å². The fourth-order valence-corrected chi connectivity index (χ4v) is 0.0891. The van der Waals surface area contributed by atoms with Crippen molar-refractivity contribution in [2.45, 2.75) is 12.5 Å². The molecule has 7 heteroatoms. The molecule has 0 unspecified atom stereocenters. The molecule has 0 saturated heterocycles. The lowest BCUT2D eigenvalue weighted by Crippen LogP contribution is -2.28. The first-order valence-corrected chi connectivity index (χ1v) is 2.12. The Balaban J connectivity index is 0. The molecule has 0 atom stereocenters. The minimum atomic E-state index is -4.29. The van der Waals surface area contributed by atoms with Crippen molar-refractivity contribution in [1.29, 1.82) is 0 Å². The number of methoxy groups -OCH3 is 1. The van der Waals surface area contributed by atoms with Gasteiger partial charge in [0.1, 0.15) is 0 Å². The molecule has 0 spiro atoms. The molecule has 0 aromatic carbocycles. The quantitative estimate of drug-likeness (QED) is 0.587. The Kier molecular flexibility index (Phi) is 6.72. The van der Waals surface area contributed by atoms with E-state index in [-0.39, 0.29) is 6.15 Å². The Morgan fingerprint density at radius 1 is 1.36 bits per heavy atom. The minimum Gasteiger partial charge on any atom is -0.319 e. The van der Waals surface area contributed by atoms with Gasteiger partial charge in [-0.2, -0.15) is 18.4 Å². The molecule has 0 aromatic heterocycles. The summed E-state index contributed by atoms with van der Waals surface area (Å²) in [6, 6.07) is 0. The summed E-state index contributed by atoms with van der Waals surface area (Å²) in [5, 5.41) is 0. The second kappa shape index (κ2) is 5.82. The van der Waals surface area contributed by atoms with Gasteiger partial charge in [-0.25, -0.2) is 8.78 Å². The standard InChI is InChI=1S/C3H4F4O.CO2/c1-8-3(6,7)2(4)5;2-1-3/h2H,1H3;. The van der Waals surface area contributed by atoms with E-state index >= 15 is 0 Å². The van der Waals surface area contributed by atoms with Gasteiger partial charge in [0, 0.05) is 7.11 Å². The van der Waals surface area contributed by atoms with Crippen molar-refractivity contribution in [2.24, 2.45) is 0 Å². The summed E-state index contributed by atoms with van der Waals surface area (Å²) in [7, 11) is 0.520. The maximum atomic E-state index is 11.3. The minimum absolute atomic E-state index is 0.250. The van der Waals surface area contributed by atoms with Crippen LogP contribution in [0.1, 0.15) is 0 Å². The van der Waals surface area contributed by atoms with Gasteiger partial charge < -0.3 is 4.74 Å². The fourth-order valence-electron chi connectivity index (χ4n) is 0.0891. The number of halogens is 4. The molecule has 0 rings (SSSR count). The molecule has 0 aromatic rings. The summed E-state index contributed by atoms with van der Waals surface area (Å²) in [5.41, 5.74) is 0. The zero-order valence-corrected chi connectivity index (χ0v) is 5.31. The van der Waals surface area contributed by atoms with Crippen molar-refractivity contribution in [3.63, 3.8) is 0 Å². The van der Waals surface area contributed by atoms with Crippen LogP contribution in [0.15, 0.2) is 0 Å². The number of alkyl halides is 4. The van der Waals surface area contributed by atoms with Crippen molar-refractivity contribution >= 4 is 6.15 Å². The average Bonchev–Trinajstić information content (AvgIpc) is 1.89. The van der Waals surface area contributed by atoms with Crippen LogP contribution in [-0.2, 0) is 14.3 Å². The van der Waals surface area contributed by atoms with E-state index in [9.17, 15) is 17.6 Å². The van der Waals surface area contributed by atoms with Crippen LogP contribution in [0.25, 0.3) is 0 Å². The number of ether oxygens (including phenoxy) is 1. The van der Waals surface area contributed by atoms with Gasteiger partial charge >= 0.3 is 18.7 Å². The Bertz CT molecular complexity index is 129. The van der Waals surface area contributed by atoms with E-state index in [1.807, 2.05) is 0 Å². The molecule has 0 aliphatic heterocycles. The van der Waals surface area contributed by atoms with Crippen LogP contribution in [-0.4, -0.2) is 25.8 Å². The molecule has 3 nitrogen and oxygen atoms in total. The molecule has 0 N–H and O–H groups in total. The lowest BCUT2D eigenvalue weighted by Gasteiger charge is -2.10. The fraction of sp³-hybridized carbons (Fsp3) is 0.750. The van der Waals surface area contributed by atoms with E-state index in [2.05, 4.69) is 4.74 Å². The third-order valence-electron chi connectivity index (χ3n) is 0.526. The largest absolute Gasteiger partial charge is 0.416 e. The van der Waals surface area contributed by atoms with Crippen LogP contribution in [0.2, 0.25) is 0 Å². The van der Waals surface area contributed by atoms with Crippen LogP contribution in [0.3, 0.4) is 0 Å². The first kappa shape index (κ1) is 12.7. The Labute approximate surface area is 58.9 Å². The molecule has 0 saturated carbocycles. The maximum Gasteiger partial charge on any atom is 0.416 e. The molecule has 66 valence electrons. The summed E-state index contributed by atoms with van der Waals surface area (Å²) in [5.74, 6) is 0. The van der Waals surface area contributed by atoms with Crippen LogP contribution < -0.4 is 0 Å². The topological polar surface area (TPSA) is 43.4 Å². The lowest BCUT2D eigenvalue weighted by molar-refractivity contribution is -0.287. The molecule has 11 heavy (non-hydrogen) atoms. The van der Waals surface area contributed by atoms with Crippen molar-refractivity contribution < 1.29 is 31.9 Å². The third-order valence-corrected chi connectivity index (χ3v) is 0.526. The van der Waals surface area contributed by atoms with Crippen molar-refractivity contribution in [2.75, 3.05) is 7.11 Å². The highest BCUT2D eigenvalue weighted by molar-refractivity contribution is 5.20. The normalized spacial score (nSPS) is 10.0. The van der Waals surface area contributed by atoms with Gasteiger partial charge in [0.25, 0.3) is 0 Å². The molecule has 0 radical (unpaired) electrons. The highest BCUT2D eigenvalue weighted by atomic mass is 19.3. The second-order valence-corrected chi connectivity index (χ2v) is 1.15. The third kappa shape index (κ3) is 6.95. The molecular weight excluding hydrogens is 172 g/mol. The van der Waals surface area contributed by atoms with E-state index in [0.717, 1.165) is 0 Å². The van der Waals surface area contributed by atoms with Gasteiger partial charge in [-0.3, -0.25) is 0 Å². The Morgan fingerprint density at radius 2 is 1.64 bits per heavy atom. The van der Waals surface area contributed by atoms with Gasteiger partial charge in [0.2, 0.25) is 0 Å². The number of hydrogen-bond acceptors (Lipinski definition) is 3. The number of rotatable bonds is 2. The van der Waals surface area contributed by atoms with E-state index in [1.165, 1.54) is 0 Å². The lowest BCUT2D eigenvalue weighted by atomic mass is 10.7. The van der Waals surface area contributed by atoms with Crippen LogP contribution in [0, 0.1) is 0 Å². The molecular formula is C4H4F4O3. The average molecular weight is 176 g/mol. The van der Waals surface area contributed by atoms with E-state index in [4.69, 9.17) is 9.59 Å². The van der Waals surface area contributed by atoms with E-state index < -0.39 is 12.5 Å². The van der Waals surface area contributed by atoms with Crippen LogP contribution >= 0.6 is 0 Å². The van der Waals surface area contributed by atoms with Gasteiger partial charge in [-0.05, 0) is 0 Å². The van der Waals surface area contributed by atoms with Crippen LogP contribution in [0.4, 0.5) is 17.6 Å². The molecule has 0 aliphatic carbocycles. The predicted octanol–water partition coefficient (Wildman–Crippen LogP) is 0.907.